The summed E-state index contributed by atoms with van der Waals surface area (Å²) in [6.45, 7) is 5.44. The van der Waals surface area contributed by atoms with Crippen LogP contribution in [-0.2, 0) is 9.47 Å². The van der Waals surface area contributed by atoms with E-state index in [1.165, 1.54) is 7.11 Å². The molecule has 0 radical (unpaired) electrons. The molecule has 0 spiro atoms. The highest BCUT2D eigenvalue weighted by Gasteiger charge is 2.28. The van der Waals surface area contributed by atoms with E-state index in [0.717, 1.165) is 18.4 Å². The van der Waals surface area contributed by atoms with E-state index in [9.17, 15) is 9.59 Å². The number of ether oxygens (including phenoxy) is 2. The van der Waals surface area contributed by atoms with Crippen LogP contribution in [0.5, 0.6) is 0 Å². The summed E-state index contributed by atoms with van der Waals surface area (Å²) in [4.78, 5) is 23.5. The molecule has 5 nitrogen and oxygen atoms in total. The maximum absolute atomic E-state index is 11.9. The lowest BCUT2D eigenvalue weighted by molar-refractivity contribution is 0.0599. The van der Waals surface area contributed by atoms with Gasteiger partial charge in [-0.3, -0.25) is 5.32 Å². The molecule has 1 amide bonds. The molecule has 0 saturated heterocycles. The Bertz CT molecular complexity index is 556. The maximum atomic E-state index is 11.9. The van der Waals surface area contributed by atoms with Gasteiger partial charge in [0.25, 0.3) is 0 Å². The summed E-state index contributed by atoms with van der Waals surface area (Å²) < 4.78 is 9.98. The molecule has 1 aliphatic rings. The first kappa shape index (κ1) is 15.4. The van der Waals surface area contributed by atoms with Gasteiger partial charge in [-0.05, 0) is 63.3 Å². The number of carbonyl (C=O) groups excluding carboxylic acids is 2. The summed E-state index contributed by atoms with van der Waals surface area (Å²) >= 11 is 0. The van der Waals surface area contributed by atoms with Gasteiger partial charge in [0.1, 0.15) is 5.60 Å². The van der Waals surface area contributed by atoms with Gasteiger partial charge in [0, 0.05) is 5.69 Å². The molecule has 0 aliphatic heterocycles. The number of rotatable bonds is 3. The van der Waals surface area contributed by atoms with Crippen LogP contribution in [0.4, 0.5) is 10.5 Å². The van der Waals surface area contributed by atoms with Crippen molar-refractivity contribution in [1.82, 2.24) is 0 Å². The van der Waals surface area contributed by atoms with Crippen molar-refractivity contribution in [3.63, 3.8) is 0 Å². The Morgan fingerprint density at radius 3 is 2.43 bits per heavy atom. The van der Waals surface area contributed by atoms with Crippen LogP contribution in [0.15, 0.2) is 18.2 Å². The Kier molecular flexibility index (Phi) is 4.21. The zero-order chi connectivity index (χ0) is 15.6. The van der Waals surface area contributed by atoms with E-state index in [4.69, 9.17) is 9.47 Å². The Labute approximate surface area is 124 Å². The average Bonchev–Trinajstić information content (AvgIpc) is 3.20. The highest BCUT2D eigenvalue weighted by molar-refractivity contribution is 5.92. The Balaban J connectivity index is 2.19. The Morgan fingerprint density at radius 1 is 1.24 bits per heavy atom. The molecule has 1 N–H and O–H groups in total. The molecule has 114 valence electrons. The average molecular weight is 291 g/mol. The second-order valence-corrected chi connectivity index (χ2v) is 6.19. The molecule has 21 heavy (non-hydrogen) atoms. The minimum absolute atomic E-state index is 0.374. The zero-order valence-electron chi connectivity index (χ0n) is 12.9. The predicted octanol–water partition coefficient (Wildman–Crippen LogP) is 3.70. The van der Waals surface area contributed by atoms with Gasteiger partial charge in [-0.2, -0.15) is 0 Å². The maximum Gasteiger partial charge on any atom is 0.412 e. The van der Waals surface area contributed by atoms with Crippen LogP contribution in [0.1, 0.15) is 55.5 Å². The number of benzene rings is 1. The molecule has 1 aromatic rings. The summed E-state index contributed by atoms with van der Waals surface area (Å²) in [5.41, 5.74) is 1.60. The molecule has 1 aliphatic carbocycles. The van der Waals surface area contributed by atoms with Crippen molar-refractivity contribution < 1.29 is 19.1 Å². The van der Waals surface area contributed by atoms with Crippen LogP contribution < -0.4 is 5.32 Å². The fourth-order valence-electron chi connectivity index (χ4n) is 2.07. The summed E-state index contributed by atoms with van der Waals surface area (Å²) in [5.74, 6) is 0.0141. The normalized spacial score (nSPS) is 14.5. The molecule has 0 aromatic heterocycles. The zero-order valence-corrected chi connectivity index (χ0v) is 12.9. The number of carbonyl (C=O) groups is 2. The monoisotopic (exact) mass is 291 g/mol. The first-order valence-electron chi connectivity index (χ1n) is 7.02. The minimum atomic E-state index is -0.546. The van der Waals surface area contributed by atoms with E-state index in [2.05, 4.69) is 5.32 Å². The van der Waals surface area contributed by atoms with Gasteiger partial charge in [0.2, 0.25) is 0 Å². The number of nitrogens with one attached hydrogen (secondary N) is 1. The van der Waals surface area contributed by atoms with Gasteiger partial charge in [-0.25, -0.2) is 9.59 Å². The van der Waals surface area contributed by atoms with Crippen molar-refractivity contribution >= 4 is 17.7 Å². The van der Waals surface area contributed by atoms with Gasteiger partial charge >= 0.3 is 12.1 Å². The lowest BCUT2D eigenvalue weighted by Gasteiger charge is -2.20. The molecule has 1 aromatic carbocycles. The SMILES string of the molecule is COC(=O)c1ccc(NC(=O)OC(C)(C)C)c(C2CC2)c1. The minimum Gasteiger partial charge on any atom is -0.465 e. The summed E-state index contributed by atoms with van der Waals surface area (Å²) in [5, 5.41) is 2.76. The van der Waals surface area contributed by atoms with E-state index in [-0.39, 0.29) is 5.97 Å². The first-order chi connectivity index (χ1) is 9.80. The quantitative estimate of drug-likeness (QED) is 0.862. The predicted molar refractivity (Wildman–Crippen MR) is 79.6 cm³/mol. The second kappa shape index (κ2) is 5.76. The van der Waals surface area contributed by atoms with Crippen molar-refractivity contribution in [1.29, 1.82) is 0 Å². The molecule has 0 unspecified atom stereocenters. The molecular formula is C16H21NO4. The van der Waals surface area contributed by atoms with Crippen molar-refractivity contribution in [3.05, 3.63) is 29.3 Å². The molecule has 1 saturated carbocycles. The van der Waals surface area contributed by atoms with E-state index in [1.54, 1.807) is 18.2 Å². The smallest absolute Gasteiger partial charge is 0.412 e. The number of esters is 1. The summed E-state index contributed by atoms with van der Waals surface area (Å²) in [7, 11) is 1.35. The van der Waals surface area contributed by atoms with Gasteiger partial charge in [0.15, 0.2) is 0 Å². The number of hydrogen-bond donors (Lipinski definition) is 1. The fraction of sp³-hybridized carbons (Fsp3) is 0.500. The van der Waals surface area contributed by atoms with Crippen molar-refractivity contribution in [2.45, 2.75) is 45.1 Å². The second-order valence-electron chi connectivity index (χ2n) is 6.19. The standard InChI is InChI=1S/C16H21NO4/c1-16(2,3)21-15(19)17-13-8-7-11(14(18)20-4)9-12(13)10-5-6-10/h7-10H,5-6H2,1-4H3,(H,17,19). The summed E-state index contributed by atoms with van der Waals surface area (Å²) in [6.07, 6.45) is 1.64. The van der Waals surface area contributed by atoms with Gasteiger partial charge < -0.3 is 9.47 Å². The van der Waals surface area contributed by atoms with Crippen LogP contribution in [0, 0.1) is 0 Å². The Hall–Kier alpha value is -2.04. The molecule has 2 rings (SSSR count). The summed E-state index contributed by atoms with van der Waals surface area (Å²) in [6, 6.07) is 5.16. The third-order valence-electron chi connectivity index (χ3n) is 3.13. The molecular weight excluding hydrogens is 270 g/mol. The van der Waals surface area contributed by atoms with E-state index in [0.29, 0.717) is 17.2 Å². The largest absolute Gasteiger partial charge is 0.465 e. The Morgan fingerprint density at radius 2 is 1.90 bits per heavy atom. The fourth-order valence-corrected chi connectivity index (χ4v) is 2.07. The first-order valence-corrected chi connectivity index (χ1v) is 7.02. The lowest BCUT2D eigenvalue weighted by atomic mass is 10.0. The van der Waals surface area contributed by atoms with Crippen LogP contribution in [0.25, 0.3) is 0 Å². The van der Waals surface area contributed by atoms with E-state index in [1.807, 2.05) is 20.8 Å². The number of amides is 1. The third-order valence-corrected chi connectivity index (χ3v) is 3.13. The van der Waals surface area contributed by atoms with Crippen molar-refractivity contribution in [3.8, 4) is 0 Å². The van der Waals surface area contributed by atoms with Crippen LogP contribution in [-0.4, -0.2) is 24.8 Å². The van der Waals surface area contributed by atoms with Gasteiger partial charge in [-0.15, -0.1) is 0 Å². The number of anilines is 1. The third kappa shape index (κ3) is 4.21. The van der Waals surface area contributed by atoms with Crippen LogP contribution in [0.3, 0.4) is 0 Å². The molecule has 0 bridgehead atoms. The molecule has 5 heteroatoms. The highest BCUT2D eigenvalue weighted by atomic mass is 16.6. The molecule has 0 heterocycles. The van der Waals surface area contributed by atoms with Crippen molar-refractivity contribution in [2.24, 2.45) is 0 Å². The van der Waals surface area contributed by atoms with Crippen LogP contribution in [0.2, 0.25) is 0 Å². The molecule has 0 atom stereocenters. The van der Waals surface area contributed by atoms with E-state index < -0.39 is 11.7 Å². The van der Waals surface area contributed by atoms with Gasteiger partial charge in [-0.1, -0.05) is 0 Å². The topological polar surface area (TPSA) is 64.6 Å². The number of methoxy groups -OCH3 is 1. The highest BCUT2D eigenvalue weighted by Crippen LogP contribution is 2.43. The lowest BCUT2D eigenvalue weighted by Crippen LogP contribution is -2.27. The number of hydrogen-bond acceptors (Lipinski definition) is 4. The van der Waals surface area contributed by atoms with Gasteiger partial charge in [0.05, 0.1) is 12.7 Å². The van der Waals surface area contributed by atoms with Crippen molar-refractivity contribution in [2.75, 3.05) is 12.4 Å². The molecule has 1 fully saturated rings. The van der Waals surface area contributed by atoms with E-state index >= 15 is 0 Å². The van der Waals surface area contributed by atoms with Crippen LogP contribution >= 0.6 is 0 Å².